The summed E-state index contributed by atoms with van der Waals surface area (Å²) >= 11 is 1.83. The van der Waals surface area contributed by atoms with Gasteiger partial charge in [-0.15, -0.1) is 11.3 Å². The number of rotatable bonds is 8. The van der Waals surface area contributed by atoms with Gasteiger partial charge in [-0.25, -0.2) is 0 Å². The lowest BCUT2D eigenvalue weighted by atomic mass is 10.3. The zero-order valence-electron chi connectivity index (χ0n) is 11.7. The molecule has 2 aromatic heterocycles. The predicted molar refractivity (Wildman–Crippen MR) is 80.4 cm³/mol. The molecule has 2 heterocycles. The van der Waals surface area contributed by atoms with Crippen molar-refractivity contribution in [2.45, 2.75) is 26.4 Å². The van der Waals surface area contributed by atoms with Crippen LogP contribution in [0, 0.1) is 0 Å². The third-order valence-electron chi connectivity index (χ3n) is 3.01. The van der Waals surface area contributed by atoms with E-state index in [1.165, 1.54) is 4.88 Å². The Morgan fingerprint density at radius 1 is 1.26 bits per heavy atom. The topological polar surface area (TPSA) is 28.4 Å². The van der Waals surface area contributed by atoms with Crippen LogP contribution in [0.2, 0.25) is 0 Å². The molecule has 0 unspecified atom stereocenters. The number of nitrogens with one attached hydrogen (secondary N) is 1. The average molecular weight is 278 g/mol. The maximum Gasteiger partial charge on any atom is 0.118 e. The molecular formula is C15H22N2OS. The van der Waals surface area contributed by atoms with Gasteiger partial charge in [0.15, 0.2) is 0 Å². The first kappa shape index (κ1) is 14.3. The molecule has 0 amide bonds. The molecule has 0 atom stereocenters. The van der Waals surface area contributed by atoms with Gasteiger partial charge in [0.2, 0.25) is 0 Å². The SMILES string of the molecule is CCNCc1ccc(CN(C)CCc2cccs2)o1. The molecule has 19 heavy (non-hydrogen) atoms. The van der Waals surface area contributed by atoms with E-state index in [1.54, 1.807) is 0 Å². The summed E-state index contributed by atoms with van der Waals surface area (Å²) in [5.74, 6) is 2.06. The Bertz CT molecular complexity index is 464. The van der Waals surface area contributed by atoms with Gasteiger partial charge in [-0.05, 0) is 43.6 Å². The summed E-state index contributed by atoms with van der Waals surface area (Å²) in [4.78, 5) is 3.74. The summed E-state index contributed by atoms with van der Waals surface area (Å²) in [5, 5.41) is 5.40. The van der Waals surface area contributed by atoms with E-state index in [0.29, 0.717) is 0 Å². The monoisotopic (exact) mass is 278 g/mol. The molecule has 0 aromatic carbocycles. The van der Waals surface area contributed by atoms with E-state index in [0.717, 1.165) is 44.1 Å². The summed E-state index contributed by atoms with van der Waals surface area (Å²) in [7, 11) is 2.14. The lowest BCUT2D eigenvalue weighted by Crippen LogP contribution is -2.20. The molecule has 0 fully saturated rings. The van der Waals surface area contributed by atoms with E-state index >= 15 is 0 Å². The minimum atomic E-state index is 0.815. The molecule has 3 nitrogen and oxygen atoms in total. The van der Waals surface area contributed by atoms with E-state index in [4.69, 9.17) is 4.42 Å². The third-order valence-corrected chi connectivity index (χ3v) is 3.95. The number of hydrogen-bond acceptors (Lipinski definition) is 4. The van der Waals surface area contributed by atoms with Crippen LogP contribution in [0.3, 0.4) is 0 Å². The Morgan fingerprint density at radius 2 is 2.11 bits per heavy atom. The van der Waals surface area contributed by atoms with Crippen LogP contribution in [0.1, 0.15) is 23.3 Å². The van der Waals surface area contributed by atoms with Gasteiger partial charge in [0.1, 0.15) is 11.5 Å². The number of hydrogen-bond donors (Lipinski definition) is 1. The van der Waals surface area contributed by atoms with Crippen LogP contribution in [0.5, 0.6) is 0 Å². The number of nitrogens with zero attached hydrogens (tertiary/aromatic N) is 1. The van der Waals surface area contributed by atoms with E-state index < -0.39 is 0 Å². The van der Waals surface area contributed by atoms with Crippen LogP contribution in [-0.2, 0) is 19.5 Å². The first-order valence-corrected chi connectivity index (χ1v) is 7.65. The van der Waals surface area contributed by atoms with Gasteiger partial charge < -0.3 is 9.73 Å². The largest absolute Gasteiger partial charge is 0.463 e. The molecule has 4 heteroatoms. The molecule has 1 N–H and O–H groups in total. The van der Waals surface area contributed by atoms with Gasteiger partial charge >= 0.3 is 0 Å². The first-order chi connectivity index (χ1) is 9.28. The number of furan rings is 1. The van der Waals surface area contributed by atoms with Gasteiger partial charge in [0.25, 0.3) is 0 Å². The summed E-state index contributed by atoms with van der Waals surface area (Å²) in [5.41, 5.74) is 0. The second-order valence-electron chi connectivity index (χ2n) is 4.72. The van der Waals surface area contributed by atoms with Crippen molar-refractivity contribution in [1.29, 1.82) is 0 Å². The fraction of sp³-hybridized carbons (Fsp3) is 0.467. The fourth-order valence-corrected chi connectivity index (χ4v) is 2.65. The van der Waals surface area contributed by atoms with E-state index in [2.05, 4.69) is 53.8 Å². The summed E-state index contributed by atoms with van der Waals surface area (Å²) in [6.45, 7) is 5.82. The standard InChI is InChI=1S/C15H22N2OS/c1-3-16-11-13-6-7-14(18-13)12-17(2)9-8-15-5-4-10-19-15/h4-7,10,16H,3,8-9,11-12H2,1-2H3. The molecule has 0 aliphatic heterocycles. The molecule has 0 saturated carbocycles. The normalized spacial score (nSPS) is 11.3. The minimum absolute atomic E-state index is 0.815. The highest BCUT2D eigenvalue weighted by atomic mass is 32.1. The van der Waals surface area contributed by atoms with Crippen molar-refractivity contribution in [3.05, 3.63) is 46.0 Å². The molecule has 2 rings (SSSR count). The minimum Gasteiger partial charge on any atom is -0.463 e. The van der Waals surface area contributed by atoms with Gasteiger partial charge in [-0.2, -0.15) is 0 Å². The average Bonchev–Trinajstić information content (AvgIpc) is 3.05. The third kappa shape index (κ3) is 4.82. The molecular weight excluding hydrogens is 256 g/mol. The van der Waals surface area contributed by atoms with Crippen LogP contribution in [0.4, 0.5) is 0 Å². The Kier molecular flexibility index (Phi) is 5.63. The van der Waals surface area contributed by atoms with E-state index in [-0.39, 0.29) is 0 Å². The smallest absolute Gasteiger partial charge is 0.118 e. The van der Waals surface area contributed by atoms with Crippen LogP contribution in [0.25, 0.3) is 0 Å². The highest BCUT2D eigenvalue weighted by Gasteiger charge is 2.06. The van der Waals surface area contributed by atoms with Crippen molar-refractivity contribution in [3.63, 3.8) is 0 Å². The van der Waals surface area contributed by atoms with Gasteiger partial charge in [0, 0.05) is 11.4 Å². The van der Waals surface area contributed by atoms with Gasteiger partial charge in [-0.1, -0.05) is 13.0 Å². The van der Waals surface area contributed by atoms with Crippen LogP contribution < -0.4 is 5.32 Å². The van der Waals surface area contributed by atoms with Gasteiger partial charge in [0.05, 0.1) is 13.1 Å². The molecule has 0 spiro atoms. The molecule has 0 aliphatic rings. The van der Waals surface area contributed by atoms with Gasteiger partial charge in [-0.3, -0.25) is 4.90 Å². The second kappa shape index (κ2) is 7.48. The van der Waals surface area contributed by atoms with Crippen molar-refractivity contribution in [2.24, 2.45) is 0 Å². The molecule has 0 aliphatic carbocycles. The number of likely N-dealkylation sites (N-methyl/N-ethyl adjacent to an activating group) is 1. The predicted octanol–water partition coefficient (Wildman–Crippen LogP) is 3.13. The van der Waals surface area contributed by atoms with Crippen molar-refractivity contribution in [1.82, 2.24) is 10.2 Å². The highest BCUT2D eigenvalue weighted by molar-refractivity contribution is 7.09. The Morgan fingerprint density at radius 3 is 2.84 bits per heavy atom. The second-order valence-corrected chi connectivity index (χ2v) is 5.75. The first-order valence-electron chi connectivity index (χ1n) is 6.77. The van der Waals surface area contributed by atoms with Crippen molar-refractivity contribution in [2.75, 3.05) is 20.1 Å². The lowest BCUT2D eigenvalue weighted by Gasteiger charge is -2.14. The van der Waals surface area contributed by atoms with Crippen molar-refractivity contribution in [3.8, 4) is 0 Å². The van der Waals surface area contributed by atoms with Crippen LogP contribution in [-0.4, -0.2) is 25.0 Å². The van der Waals surface area contributed by atoms with Crippen molar-refractivity contribution < 1.29 is 4.42 Å². The van der Waals surface area contributed by atoms with Crippen LogP contribution in [0.15, 0.2) is 34.1 Å². The lowest BCUT2D eigenvalue weighted by molar-refractivity contribution is 0.293. The summed E-state index contributed by atoms with van der Waals surface area (Å²) in [6, 6.07) is 8.44. The molecule has 0 bridgehead atoms. The Balaban J connectivity index is 1.75. The molecule has 0 radical (unpaired) electrons. The Hall–Kier alpha value is -1.10. The van der Waals surface area contributed by atoms with E-state index in [9.17, 15) is 0 Å². The van der Waals surface area contributed by atoms with Crippen molar-refractivity contribution >= 4 is 11.3 Å². The molecule has 104 valence electrons. The zero-order valence-corrected chi connectivity index (χ0v) is 12.5. The maximum absolute atomic E-state index is 5.79. The molecule has 0 saturated heterocycles. The van der Waals surface area contributed by atoms with E-state index in [1.807, 2.05) is 11.3 Å². The number of thiophene rings is 1. The quantitative estimate of drug-likeness (QED) is 0.804. The molecule has 2 aromatic rings. The fourth-order valence-electron chi connectivity index (χ4n) is 1.95. The maximum atomic E-state index is 5.79. The highest BCUT2D eigenvalue weighted by Crippen LogP contribution is 2.12. The summed E-state index contributed by atoms with van der Waals surface area (Å²) < 4.78 is 5.79. The zero-order chi connectivity index (χ0) is 13.5. The van der Waals surface area contributed by atoms with Crippen LogP contribution >= 0.6 is 11.3 Å². The Labute approximate surface area is 119 Å². The summed E-state index contributed by atoms with van der Waals surface area (Å²) in [6.07, 6.45) is 1.11.